The van der Waals surface area contributed by atoms with Crippen LogP contribution in [0, 0.1) is 25.7 Å². The maximum Gasteiger partial charge on any atom is 0.304 e. The van der Waals surface area contributed by atoms with Crippen molar-refractivity contribution in [1.82, 2.24) is 9.62 Å². The quantitative estimate of drug-likeness (QED) is 0.824. The number of benzene rings is 1. The normalized spacial score (nSPS) is 24.9. The molecule has 0 saturated heterocycles. The van der Waals surface area contributed by atoms with Gasteiger partial charge in [-0.25, -0.2) is 4.31 Å². The monoisotopic (exact) mass is 379 g/mol. The molecule has 1 amide bonds. The van der Waals surface area contributed by atoms with E-state index >= 15 is 0 Å². The first-order chi connectivity index (χ1) is 12.2. The van der Waals surface area contributed by atoms with Gasteiger partial charge in [0.1, 0.15) is 6.54 Å². The molecule has 0 spiro atoms. The maximum absolute atomic E-state index is 12.9. The van der Waals surface area contributed by atoms with Gasteiger partial charge in [-0.15, -0.1) is 0 Å². The third-order valence-electron chi connectivity index (χ3n) is 5.74. The van der Waals surface area contributed by atoms with Crippen LogP contribution in [0.25, 0.3) is 0 Å². The molecular weight excluding hydrogens is 350 g/mol. The minimum atomic E-state index is -3.76. The number of nitrogens with one attached hydrogen (secondary N) is 1. The molecule has 0 radical (unpaired) electrons. The van der Waals surface area contributed by atoms with Gasteiger partial charge in [-0.3, -0.25) is 4.79 Å². The molecule has 3 atom stereocenters. The van der Waals surface area contributed by atoms with Gasteiger partial charge in [0, 0.05) is 20.1 Å². The third-order valence-corrected chi connectivity index (χ3v) is 7.55. The van der Waals surface area contributed by atoms with E-state index in [0.29, 0.717) is 11.6 Å². The number of carbonyl (C=O) groups is 1. The Morgan fingerprint density at radius 2 is 1.92 bits per heavy atom. The summed E-state index contributed by atoms with van der Waals surface area (Å²) < 4.78 is 28.1. The van der Waals surface area contributed by atoms with Crippen molar-refractivity contribution >= 4 is 21.8 Å². The van der Waals surface area contributed by atoms with E-state index in [1.165, 1.54) is 37.7 Å². The number of nitrogens with zero attached hydrogens (tertiary/aromatic N) is 2. The predicted octanol–water partition coefficient (Wildman–Crippen LogP) is 2.22. The molecule has 2 aliphatic carbocycles. The van der Waals surface area contributed by atoms with E-state index < -0.39 is 10.2 Å². The van der Waals surface area contributed by atoms with Crippen LogP contribution in [0.1, 0.15) is 36.8 Å². The smallest absolute Gasteiger partial charge is 0.304 e. The minimum absolute atomic E-state index is 0.196. The van der Waals surface area contributed by atoms with Gasteiger partial charge in [-0.1, -0.05) is 18.6 Å². The highest BCUT2D eigenvalue weighted by Gasteiger charge is 2.40. The van der Waals surface area contributed by atoms with Gasteiger partial charge < -0.3 is 5.32 Å². The first-order valence-electron chi connectivity index (χ1n) is 9.25. The Bertz CT molecular complexity index is 791. The summed E-state index contributed by atoms with van der Waals surface area (Å²) in [6, 6.07) is 5.84. The summed E-state index contributed by atoms with van der Waals surface area (Å²) in [5.74, 6) is 1.06. The number of carbonyl (C=O) groups excluding carboxylic acids is 1. The number of hydrogen-bond donors (Lipinski definition) is 1. The van der Waals surface area contributed by atoms with E-state index in [1.807, 2.05) is 32.0 Å². The van der Waals surface area contributed by atoms with Crippen molar-refractivity contribution in [3.05, 3.63) is 29.3 Å². The Morgan fingerprint density at radius 3 is 2.50 bits per heavy atom. The van der Waals surface area contributed by atoms with Gasteiger partial charge in [0.2, 0.25) is 5.91 Å². The van der Waals surface area contributed by atoms with Crippen molar-refractivity contribution in [2.45, 2.75) is 45.6 Å². The summed E-state index contributed by atoms with van der Waals surface area (Å²) in [7, 11) is -0.790. The molecule has 2 aliphatic rings. The van der Waals surface area contributed by atoms with Crippen molar-refractivity contribution in [3.8, 4) is 0 Å². The van der Waals surface area contributed by atoms with Gasteiger partial charge in [0.25, 0.3) is 0 Å². The predicted molar refractivity (Wildman–Crippen MR) is 103 cm³/mol. The molecule has 144 valence electrons. The minimum Gasteiger partial charge on any atom is -0.352 e. The molecule has 3 unspecified atom stereocenters. The number of amides is 1. The Balaban J connectivity index is 1.82. The third kappa shape index (κ3) is 3.74. The molecule has 1 aromatic carbocycles. The molecular formula is C19H29N3O3S. The zero-order valence-electron chi connectivity index (χ0n) is 16.0. The van der Waals surface area contributed by atoms with E-state index in [1.54, 1.807) is 0 Å². The topological polar surface area (TPSA) is 69.7 Å². The molecule has 26 heavy (non-hydrogen) atoms. The van der Waals surface area contributed by atoms with Crippen molar-refractivity contribution in [1.29, 1.82) is 0 Å². The molecule has 0 aromatic heterocycles. The van der Waals surface area contributed by atoms with Crippen molar-refractivity contribution < 1.29 is 13.2 Å². The highest BCUT2D eigenvalue weighted by Crippen LogP contribution is 2.44. The average molecular weight is 380 g/mol. The Kier molecular flexibility index (Phi) is 5.30. The number of aryl methyl sites for hydroxylation is 2. The maximum atomic E-state index is 12.9. The number of hydrogen-bond acceptors (Lipinski definition) is 3. The van der Waals surface area contributed by atoms with Gasteiger partial charge >= 0.3 is 10.2 Å². The van der Waals surface area contributed by atoms with E-state index in [2.05, 4.69) is 5.32 Å². The Labute approximate surface area is 156 Å². The molecule has 2 bridgehead atoms. The summed E-state index contributed by atoms with van der Waals surface area (Å²) in [6.07, 6.45) is 4.66. The highest BCUT2D eigenvalue weighted by molar-refractivity contribution is 7.90. The largest absolute Gasteiger partial charge is 0.352 e. The lowest BCUT2D eigenvalue weighted by molar-refractivity contribution is -0.120. The summed E-state index contributed by atoms with van der Waals surface area (Å²) >= 11 is 0. The second-order valence-corrected chi connectivity index (χ2v) is 10.0. The standard InChI is InChI=1S/C19H29N3O3S/c1-13-5-6-14(2)18(9-13)22(26(24,25)21(3)4)12-19(23)20-17-11-15-7-8-16(17)10-15/h5-6,9,15-17H,7-8,10-12H2,1-4H3,(H,20,23). The molecule has 0 aliphatic heterocycles. The van der Waals surface area contributed by atoms with Crippen molar-refractivity contribution in [2.75, 3.05) is 24.9 Å². The van der Waals surface area contributed by atoms with Crippen molar-refractivity contribution in [3.63, 3.8) is 0 Å². The first-order valence-corrected chi connectivity index (χ1v) is 10.6. The lowest BCUT2D eigenvalue weighted by Gasteiger charge is -2.30. The Hall–Kier alpha value is -1.60. The second kappa shape index (κ2) is 7.19. The summed E-state index contributed by atoms with van der Waals surface area (Å²) in [4.78, 5) is 12.7. The van der Waals surface area contributed by atoms with E-state index in [9.17, 15) is 13.2 Å². The molecule has 2 fully saturated rings. The molecule has 2 saturated carbocycles. The molecule has 1 aromatic rings. The summed E-state index contributed by atoms with van der Waals surface area (Å²) in [5.41, 5.74) is 2.34. The van der Waals surface area contributed by atoms with Crippen LogP contribution in [0.3, 0.4) is 0 Å². The summed E-state index contributed by atoms with van der Waals surface area (Å²) in [6.45, 7) is 3.58. The van der Waals surface area contributed by atoms with Crippen LogP contribution in [-0.2, 0) is 15.0 Å². The van der Waals surface area contributed by atoms with Gasteiger partial charge in [0.05, 0.1) is 5.69 Å². The van der Waals surface area contributed by atoms with Crippen LogP contribution in [0.4, 0.5) is 5.69 Å². The van der Waals surface area contributed by atoms with Crippen molar-refractivity contribution in [2.24, 2.45) is 11.8 Å². The fraction of sp³-hybridized carbons (Fsp3) is 0.632. The lowest BCUT2D eigenvalue weighted by Crippen LogP contribution is -2.48. The summed E-state index contributed by atoms with van der Waals surface area (Å²) in [5, 5.41) is 3.09. The fourth-order valence-corrected chi connectivity index (χ4v) is 5.40. The molecule has 1 N–H and O–H groups in total. The fourth-order valence-electron chi connectivity index (χ4n) is 4.28. The van der Waals surface area contributed by atoms with Gasteiger partial charge in [-0.2, -0.15) is 12.7 Å². The first kappa shape index (κ1) is 19.2. The SMILES string of the molecule is Cc1ccc(C)c(N(CC(=O)NC2CC3CCC2C3)S(=O)(=O)N(C)C)c1. The number of rotatable bonds is 6. The molecule has 3 rings (SSSR count). The second-order valence-electron chi connectivity index (χ2n) is 7.94. The zero-order valence-corrected chi connectivity index (χ0v) is 16.8. The molecule has 0 heterocycles. The molecule has 7 heteroatoms. The van der Waals surface area contributed by atoms with E-state index in [4.69, 9.17) is 0 Å². The van der Waals surface area contributed by atoms with Crippen LogP contribution < -0.4 is 9.62 Å². The van der Waals surface area contributed by atoms with Crippen LogP contribution in [-0.4, -0.2) is 45.3 Å². The molecule has 6 nitrogen and oxygen atoms in total. The van der Waals surface area contributed by atoms with Gasteiger partial charge in [-0.05, 0) is 62.1 Å². The Morgan fingerprint density at radius 1 is 1.19 bits per heavy atom. The van der Waals surface area contributed by atoms with Crippen LogP contribution >= 0.6 is 0 Å². The van der Waals surface area contributed by atoms with Crippen LogP contribution in [0.15, 0.2) is 18.2 Å². The van der Waals surface area contributed by atoms with Gasteiger partial charge in [0.15, 0.2) is 0 Å². The van der Waals surface area contributed by atoms with E-state index in [0.717, 1.165) is 27.8 Å². The average Bonchev–Trinajstić information content (AvgIpc) is 3.17. The van der Waals surface area contributed by atoms with Crippen LogP contribution in [0.2, 0.25) is 0 Å². The number of anilines is 1. The lowest BCUT2D eigenvalue weighted by atomic mass is 9.95. The van der Waals surface area contributed by atoms with Crippen LogP contribution in [0.5, 0.6) is 0 Å². The van der Waals surface area contributed by atoms with E-state index in [-0.39, 0.29) is 18.5 Å². The zero-order chi connectivity index (χ0) is 19.1. The highest BCUT2D eigenvalue weighted by atomic mass is 32.2. The number of fused-ring (bicyclic) bond motifs is 2.